The highest BCUT2D eigenvalue weighted by molar-refractivity contribution is 8.00. The van der Waals surface area contributed by atoms with Gasteiger partial charge in [-0.3, -0.25) is 10.0 Å². The fourth-order valence-electron chi connectivity index (χ4n) is 6.10. The van der Waals surface area contributed by atoms with Gasteiger partial charge in [-0.1, -0.05) is 62.3 Å². The summed E-state index contributed by atoms with van der Waals surface area (Å²) in [6.07, 6.45) is 2.05. The summed E-state index contributed by atoms with van der Waals surface area (Å²) in [5.74, 6) is 2.13. The van der Waals surface area contributed by atoms with Crippen LogP contribution in [0.5, 0.6) is 0 Å². The quantitative estimate of drug-likeness (QED) is 0.0973. The average Bonchev–Trinajstić information content (AvgIpc) is 3.66. The van der Waals surface area contributed by atoms with Gasteiger partial charge in [-0.2, -0.15) is 4.47 Å². The molecule has 272 valence electrons. The Morgan fingerprint density at radius 2 is 1.76 bits per heavy atom. The minimum atomic E-state index is 0.116. The Hall–Kier alpha value is -4.23. The second-order valence-corrected chi connectivity index (χ2v) is 13.5. The summed E-state index contributed by atoms with van der Waals surface area (Å²) in [5.41, 5.74) is 7.31. The van der Waals surface area contributed by atoms with Gasteiger partial charge in [0, 0.05) is 61.6 Å². The van der Waals surface area contributed by atoms with Gasteiger partial charge < -0.3 is 23.6 Å². The SMILES string of the molecule is CC.CCCc1nc2ccc(CC(=O)N3CCN(C)CC3)nc2n1Cc1ccc(-c2ccccc2SN(O)c2noc(C)c2C)c(COCC)c1. The van der Waals surface area contributed by atoms with Crippen LogP contribution in [0.3, 0.4) is 0 Å². The number of aryl methyl sites for hydroxylation is 2. The molecule has 1 fully saturated rings. The van der Waals surface area contributed by atoms with E-state index >= 15 is 0 Å². The van der Waals surface area contributed by atoms with Gasteiger partial charge in [0.2, 0.25) is 11.7 Å². The Morgan fingerprint density at radius 3 is 2.47 bits per heavy atom. The number of carbonyl (C=O) groups is 1. The number of hydrogen-bond donors (Lipinski definition) is 1. The van der Waals surface area contributed by atoms with E-state index < -0.39 is 0 Å². The van der Waals surface area contributed by atoms with Gasteiger partial charge in [-0.25, -0.2) is 9.97 Å². The predicted molar refractivity (Wildman–Crippen MR) is 203 cm³/mol. The summed E-state index contributed by atoms with van der Waals surface area (Å²) in [6, 6.07) is 18.4. The van der Waals surface area contributed by atoms with Gasteiger partial charge in [0.15, 0.2) is 5.65 Å². The standard InChI is InChI=1S/C37H45N7O4S.C2H6/c1-6-10-34-39-32-16-14-29(22-35(45)42-19-17-41(5)18-20-42)38-37(32)43(34)23-27-13-15-30(28(21-27)24-47-7-2)31-11-8-9-12-33(31)49-44(46)36-25(3)26(4)48-40-36;1-2/h8-9,11-16,21,46H,6-7,10,17-20,22-24H2,1-5H3;1-2H3. The fourth-order valence-corrected chi connectivity index (χ4v) is 6.96. The molecule has 0 saturated carbocycles. The van der Waals surface area contributed by atoms with Crippen molar-refractivity contribution >= 4 is 34.8 Å². The van der Waals surface area contributed by atoms with E-state index in [1.165, 1.54) is 11.9 Å². The summed E-state index contributed by atoms with van der Waals surface area (Å²) >= 11 is 1.19. The third kappa shape index (κ3) is 8.99. The zero-order valence-electron chi connectivity index (χ0n) is 31.0. The number of amides is 1. The molecule has 6 rings (SSSR count). The number of ether oxygens (including phenoxy) is 1. The molecule has 1 amide bonds. The summed E-state index contributed by atoms with van der Waals surface area (Å²) in [7, 11) is 2.09. The van der Waals surface area contributed by atoms with E-state index in [1.807, 2.05) is 69.9 Å². The molecule has 0 bridgehead atoms. The molecule has 4 heterocycles. The molecule has 3 aromatic heterocycles. The highest BCUT2D eigenvalue weighted by atomic mass is 32.2. The van der Waals surface area contributed by atoms with E-state index in [0.717, 1.165) is 98.9 Å². The molecule has 0 radical (unpaired) electrons. The van der Waals surface area contributed by atoms with E-state index in [2.05, 4.69) is 52.9 Å². The van der Waals surface area contributed by atoms with Crippen LogP contribution in [0.2, 0.25) is 0 Å². The molecule has 12 heteroatoms. The maximum absolute atomic E-state index is 13.1. The van der Waals surface area contributed by atoms with Crippen LogP contribution in [-0.4, -0.2) is 80.4 Å². The number of benzene rings is 2. The van der Waals surface area contributed by atoms with Gasteiger partial charge in [0.05, 0.1) is 25.3 Å². The molecule has 11 nitrogen and oxygen atoms in total. The summed E-state index contributed by atoms with van der Waals surface area (Å²) in [4.78, 5) is 28.2. The molecule has 0 spiro atoms. The topological polar surface area (TPSA) is 113 Å². The van der Waals surface area contributed by atoms with Crippen LogP contribution in [0.1, 0.15) is 68.1 Å². The number of carbonyl (C=O) groups excluding carboxylic acids is 1. The molecular weight excluding hydrogens is 663 g/mol. The zero-order chi connectivity index (χ0) is 36.5. The number of aromatic nitrogens is 4. The smallest absolute Gasteiger partial charge is 0.228 e. The Morgan fingerprint density at radius 1 is 1.00 bits per heavy atom. The molecule has 1 aliphatic rings. The summed E-state index contributed by atoms with van der Waals surface area (Å²) in [6.45, 7) is 16.7. The van der Waals surface area contributed by atoms with Crippen molar-refractivity contribution < 1.29 is 19.3 Å². The van der Waals surface area contributed by atoms with E-state index in [9.17, 15) is 10.0 Å². The van der Waals surface area contributed by atoms with Crippen molar-refractivity contribution in [3.05, 3.63) is 88.6 Å². The monoisotopic (exact) mass is 713 g/mol. The van der Waals surface area contributed by atoms with Crippen LogP contribution in [0, 0.1) is 13.8 Å². The first-order valence-electron chi connectivity index (χ1n) is 18.0. The zero-order valence-corrected chi connectivity index (χ0v) is 31.8. The summed E-state index contributed by atoms with van der Waals surface area (Å²) < 4.78 is 14.5. The Labute approximate surface area is 305 Å². The lowest BCUT2D eigenvalue weighted by atomic mass is 9.97. The molecule has 0 aliphatic carbocycles. The van der Waals surface area contributed by atoms with Crippen LogP contribution in [0.15, 0.2) is 64.0 Å². The van der Waals surface area contributed by atoms with Gasteiger partial charge in [0.1, 0.15) is 17.1 Å². The first-order valence-corrected chi connectivity index (χ1v) is 18.7. The number of anilines is 1. The second-order valence-electron chi connectivity index (χ2n) is 12.5. The molecule has 2 aromatic carbocycles. The van der Waals surface area contributed by atoms with Gasteiger partial charge >= 0.3 is 0 Å². The van der Waals surface area contributed by atoms with Crippen molar-refractivity contribution in [3.8, 4) is 11.1 Å². The van der Waals surface area contributed by atoms with Gasteiger partial charge in [-0.05, 0) is 74.7 Å². The maximum atomic E-state index is 13.1. The van der Waals surface area contributed by atoms with Crippen LogP contribution in [0.4, 0.5) is 5.82 Å². The highest BCUT2D eigenvalue weighted by Crippen LogP contribution is 2.38. The Bertz CT molecular complexity index is 1920. The van der Waals surface area contributed by atoms with Crippen molar-refractivity contribution in [1.82, 2.24) is 29.5 Å². The largest absolute Gasteiger partial charge is 0.377 e. The lowest BCUT2D eigenvalue weighted by Gasteiger charge is -2.32. The van der Waals surface area contributed by atoms with Crippen LogP contribution >= 0.6 is 11.9 Å². The van der Waals surface area contributed by atoms with Crippen molar-refractivity contribution in [2.75, 3.05) is 44.3 Å². The van der Waals surface area contributed by atoms with Crippen LogP contribution in [-0.2, 0) is 35.5 Å². The third-order valence-corrected chi connectivity index (χ3v) is 9.94. The molecule has 5 aromatic rings. The van der Waals surface area contributed by atoms with Crippen LogP contribution in [0.25, 0.3) is 22.3 Å². The molecule has 0 atom stereocenters. The van der Waals surface area contributed by atoms with Crippen molar-refractivity contribution in [1.29, 1.82) is 0 Å². The molecule has 1 N–H and O–H groups in total. The summed E-state index contributed by atoms with van der Waals surface area (Å²) in [5, 5.41) is 15.0. The van der Waals surface area contributed by atoms with Gasteiger partial charge in [-0.15, -0.1) is 0 Å². The average molecular weight is 714 g/mol. The number of pyridine rings is 1. The molecular formula is C39H51N7O4S. The maximum Gasteiger partial charge on any atom is 0.228 e. The first-order chi connectivity index (χ1) is 24.7. The van der Waals surface area contributed by atoms with Gasteiger partial charge in [0.25, 0.3) is 0 Å². The molecule has 1 aliphatic heterocycles. The van der Waals surface area contributed by atoms with Crippen molar-refractivity contribution in [2.45, 2.75) is 78.9 Å². The number of hydrogen-bond acceptors (Lipinski definition) is 10. The first kappa shape index (κ1) is 38.0. The predicted octanol–water partition coefficient (Wildman–Crippen LogP) is 7.49. The minimum Gasteiger partial charge on any atom is -0.377 e. The van der Waals surface area contributed by atoms with E-state index in [0.29, 0.717) is 31.3 Å². The number of nitrogens with zero attached hydrogens (tertiary/aromatic N) is 7. The highest BCUT2D eigenvalue weighted by Gasteiger charge is 2.22. The minimum absolute atomic E-state index is 0.116. The number of rotatable bonds is 13. The number of imidazole rings is 1. The van der Waals surface area contributed by atoms with E-state index in [1.54, 1.807) is 0 Å². The van der Waals surface area contributed by atoms with Crippen LogP contribution < -0.4 is 4.47 Å². The lowest BCUT2D eigenvalue weighted by Crippen LogP contribution is -2.47. The Kier molecular flexibility index (Phi) is 13.3. The van der Waals surface area contributed by atoms with Crippen molar-refractivity contribution in [2.24, 2.45) is 0 Å². The fraction of sp³-hybridized carbons (Fsp3) is 0.436. The second kappa shape index (κ2) is 17.8. The van der Waals surface area contributed by atoms with Crippen molar-refractivity contribution in [3.63, 3.8) is 0 Å². The van der Waals surface area contributed by atoms with E-state index in [-0.39, 0.29) is 12.3 Å². The number of likely N-dealkylation sites (N-methyl/N-ethyl adjacent to an activating group) is 1. The molecule has 1 saturated heterocycles. The Balaban J connectivity index is 0.00000248. The van der Waals surface area contributed by atoms with E-state index in [4.69, 9.17) is 19.2 Å². The number of piperazine rings is 1. The lowest BCUT2D eigenvalue weighted by molar-refractivity contribution is -0.132. The normalized spacial score (nSPS) is 13.4. The molecule has 0 unspecified atom stereocenters. The number of fused-ring (bicyclic) bond motifs is 1. The molecule has 51 heavy (non-hydrogen) atoms. The third-order valence-electron chi connectivity index (χ3n) is 9.04.